The van der Waals surface area contributed by atoms with Gasteiger partial charge in [0.05, 0.1) is 4.90 Å². The van der Waals surface area contributed by atoms with E-state index in [4.69, 9.17) is 0 Å². The van der Waals surface area contributed by atoms with E-state index in [0.717, 1.165) is 0 Å². The zero-order valence-corrected chi connectivity index (χ0v) is 14.9. The van der Waals surface area contributed by atoms with Crippen LogP contribution in [-0.2, 0) is 14.8 Å². The zero-order valence-electron chi connectivity index (χ0n) is 14.0. The molecule has 6 nitrogen and oxygen atoms in total. The maximum absolute atomic E-state index is 12.7. The van der Waals surface area contributed by atoms with Crippen molar-refractivity contribution in [1.29, 1.82) is 0 Å². The van der Waals surface area contributed by atoms with Crippen molar-refractivity contribution in [3.8, 4) is 0 Å². The van der Waals surface area contributed by atoms with Crippen LogP contribution in [0.15, 0.2) is 29.2 Å². The Hall–Kier alpha value is -1.94. The number of nitrogens with zero attached hydrogens (tertiary/aromatic N) is 1. The topological polar surface area (TPSA) is 83.6 Å². The molecule has 1 aliphatic heterocycles. The van der Waals surface area contributed by atoms with Gasteiger partial charge in [-0.2, -0.15) is 17.5 Å². The number of benzene rings is 1. The molecule has 1 aromatic rings. The predicted octanol–water partition coefficient (Wildman–Crippen LogP) is 1.97. The Labute approximate surface area is 149 Å². The summed E-state index contributed by atoms with van der Waals surface area (Å²) < 4.78 is 63.0. The number of carbonyl (C=O) groups is 2. The average molecular weight is 392 g/mol. The smallest absolute Gasteiger partial charge is 0.347 e. The molecule has 0 aliphatic carbocycles. The highest BCUT2D eigenvalue weighted by Gasteiger charge is 2.34. The van der Waals surface area contributed by atoms with E-state index in [1.54, 1.807) is 0 Å². The largest absolute Gasteiger partial charge is 0.405 e. The molecule has 144 valence electrons. The Morgan fingerprint density at radius 1 is 1.23 bits per heavy atom. The minimum absolute atomic E-state index is 0.0230. The summed E-state index contributed by atoms with van der Waals surface area (Å²) in [5.74, 6) is -1.65. The van der Waals surface area contributed by atoms with Gasteiger partial charge in [-0.05, 0) is 31.9 Å². The van der Waals surface area contributed by atoms with E-state index in [2.05, 4.69) is 0 Å². The van der Waals surface area contributed by atoms with Crippen molar-refractivity contribution in [2.24, 2.45) is 5.92 Å². The predicted molar refractivity (Wildman–Crippen MR) is 87.0 cm³/mol. The maximum Gasteiger partial charge on any atom is 0.405 e. The standard InChI is InChI=1S/C16H19F3N2O4S/c1-11(22)13-3-2-4-14(9-13)26(24,25)21-7-5-12(6-8-21)15(23)20-10-16(17,18)19/h2-4,9,12H,5-8,10H2,1H3,(H,20,23). The number of alkyl halides is 3. The number of piperidine rings is 1. The first kappa shape index (κ1) is 20.4. The number of hydrogen-bond acceptors (Lipinski definition) is 4. The third-order valence-corrected chi connectivity index (χ3v) is 6.06. The normalized spacial score (nSPS) is 17.1. The third-order valence-electron chi connectivity index (χ3n) is 4.17. The molecule has 0 aromatic heterocycles. The summed E-state index contributed by atoms with van der Waals surface area (Å²) in [6.45, 7) is -0.0214. The summed E-state index contributed by atoms with van der Waals surface area (Å²) in [4.78, 5) is 23.2. The monoisotopic (exact) mass is 392 g/mol. The van der Waals surface area contributed by atoms with Crippen LogP contribution in [0.25, 0.3) is 0 Å². The molecule has 1 amide bonds. The van der Waals surface area contributed by atoms with Crippen LogP contribution in [0, 0.1) is 5.92 Å². The molecular weight excluding hydrogens is 373 g/mol. The zero-order chi connectivity index (χ0) is 19.5. The van der Waals surface area contributed by atoms with Gasteiger partial charge in [-0.15, -0.1) is 0 Å². The lowest BCUT2D eigenvalue weighted by molar-refractivity contribution is -0.141. The number of amides is 1. The van der Waals surface area contributed by atoms with Crippen molar-refractivity contribution >= 4 is 21.7 Å². The molecule has 0 unspecified atom stereocenters. The Kier molecular flexibility index (Phi) is 6.07. The van der Waals surface area contributed by atoms with Crippen LogP contribution in [-0.4, -0.2) is 50.2 Å². The van der Waals surface area contributed by atoms with Gasteiger partial charge in [-0.25, -0.2) is 8.42 Å². The number of hydrogen-bond donors (Lipinski definition) is 1. The summed E-state index contributed by atoms with van der Waals surface area (Å²) in [7, 11) is -3.83. The van der Waals surface area contributed by atoms with Crippen molar-refractivity contribution in [2.45, 2.75) is 30.8 Å². The first-order valence-electron chi connectivity index (χ1n) is 7.96. The van der Waals surface area contributed by atoms with Gasteiger partial charge in [0.25, 0.3) is 0 Å². The first-order valence-corrected chi connectivity index (χ1v) is 9.40. The molecular formula is C16H19F3N2O4S. The average Bonchev–Trinajstić information content (AvgIpc) is 2.59. The van der Waals surface area contributed by atoms with Gasteiger partial charge in [0.2, 0.25) is 15.9 Å². The second-order valence-electron chi connectivity index (χ2n) is 6.10. The van der Waals surface area contributed by atoms with Crippen LogP contribution in [0.5, 0.6) is 0 Å². The van der Waals surface area contributed by atoms with Crippen molar-refractivity contribution < 1.29 is 31.2 Å². The number of Topliss-reactive ketones (excluding diaryl/α,β-unsaturated/α-hetero) is 1. The minimum atomic E-state index is -4.48. The first-order chi connectivity index (χ1) is 12.0. The summed E-state index contributed by atoms with van der Waals surface area (Å²) in [6.07, 6.45) is -4.22. The van der Waals surface area contributed by atoms with Gasteiger partial charge in [0.1, 0.15) is 6.54 Å². The van der Waals surface area contributed by atoms with Crippen LogP contribution in [0.3, 0.4) is 0 Å². The molecule has 26 heavy (non-hydrogen) atoms. The van der Waals surface area contributed by atoms with E-state index in [1.807, 2.05) is 5.32 Å². The number of nitrogens with one attached hydrogen (secondary N) is 1. The molecule has 1 fully saturated rings. The quantitative estimate of drug-likeness (QED) is 0.777. The molecule has 0 bridgehead atoms. The van der Waals surface area contributed by atoms with E-state index in [9.17, 15) is 31.2 Å². The van der Waals surface area contributed by atoms with Crippen molar-refractivity contribution in [3.63, 3.8) is 0 Å². The number of ketones is 1. The van der Waals surface area contributed by atoms with Gasteiger partial charge in [-0.1, -0.05) is 12.1 Å². The summed E-state index contributed by atoms with van der Waals surface area (Å²) in [5.41, 5.74) is 0.271. The van der Waals surface area contributed by atoms with Crippen molar-refractivity contribution in [3.05, 3.63) is 29.8 Å². The second-order valence-corrected chi connectivity index (χ2v) is 8.03. The van der Waals surface area contributed by atoms with Crippen molar-refractivity contribution in [2.75, 3.05) is 19.6 Å². The summed E-state index contributed by atoms with van der Waals surface area (Å²) in [6, 6.07) is 5.66. The fourth-order valence-electron chi connectivity index (χ4n) is 2.71. The number of sulfonamides is 1. The van der Waals surface area contributed by atoms with E-state index in [1.165, 1.54) is 35.5 Å². The molecule has 1 aliphatic rings. The maximum atomic E-state index is 12.7. The minimum Gasteiger partial charge on any atom is -0.347 e. The van der Waals surface area contributed by atoms with Crippen LogP contribution in [0.1, 0.15) is 30.1 Å². The number of rotatable bonds is 5. The van der Waals surface area contributed by atoms with Crippen LogP contribution in [0.4, 0.5) is 13.2 Å². The lowest BCUT2D eigenvalue weighted by atomic mass is 9.97. The highest BCUT2D eigenvalue weighted by atomic mass is 32.2. The van der Waals surface area contributed by atoms with Crippen LogP contribution < -0.4 is 5.32 Å². The second kappa shape index (κ2) is 7.75. The summed E-state index contributed by atoms with van der Waals surface area (Å²) >= 11 is 0. The molecule has 0 atom stereocenters. The van der Waals surface area contributed by atoms with Gasteiger partial charge in [-0.3, -0.25) is 9.59 Å². The molecule has 1 heterocycles. The third kappa shape index (κ3) is 5.04. The Balaban J connectivity index is 2.01. The molecule has 1 aromatic carbocycles. The highest BCUT2D eigenvalue weighted by Crippen LogP contribution is 2.25. The van der Waals surface area contributed by atoms with Gasteiger partial charge in [0.15, 0.2) is 5.78 Å². The molecule has 1 N–H and O–H groups in total. The molecule has 10 heteroatoms. The van der Waals surface area contributed by atoms with E-state index in [-0.39, 0.29) is 42.2 Å². The number of halogens is 3. The van der Waals surface area contributed by atoms with Gasteiger partial charge in [0, 0.05) is 24.6 Å². The fraction of sp³-hybridized carbons (Fsp3) is 0.500. The Morgan fingerprint density at radius 3 is 2.38 bits per heavy atom. The van der Waals surface area contributed by atoms with Crippen LogP contribution >= 0.6 is 0 Å². The fourth-order valence-corrected chi connectivity index (χ4v) is 4.23. The van der Waals surface area contributed by atoms with E-state index in [0.29, 0.717) is 0 Å². The van der Waals surface area contributed by atoms with Gasteiger partial charge >= 0.3 is 6.18 Å². The molecule has 0 radical (unpaired) electrons. The SMILES string of the molecule is CC(=O)c1cccc(S(=O)(=O)N2CCC(C(=O)NCC(F)(F)F)CC2)c1. The summed E-state index contributed by atoms with van der Waals surface area (Å²) in [5, 5.41) is 1.83. The molecule has 0 spiro atoms. The lowest BCUT2D eigenvalue weighted by Gasteiger charge is -2.30. The highest BCUT2D eigenvalue weighted by molar-refractivity contribution is 7.89. The van der Waals surface area contributed by atoms with Crippen molar-refractivity contribution in [1.82, 2.24) is 9.62 Å². The molecule has 1 saturated heterocycles. The van der Waals surface area contributed by atoms with E-state index < -0.39 is 34.6 Å². The number of carbonyl (C=O) groups excluding carboxylic acids is 2. The molecule has 2 rings (SSSR count). The Bertz CT molecular complexity index is 785. The van der Waals surface area contributed by atoms with E-state index >= 15 is 0 Å². The molecule has 0 saturated carbocycles. The Morgan fingerprint density at radius 2 is 1.85 bits per heavy atom. The lowest BCUT2D eigenvalue weighted by Crippen LogP contribution is -2.44. The van der Waals surface area contributed by atoms with Gasteiger partial charge < -0.3 is 5.32 Å². The van der Waals surface area contributed by atoms with Crippen LogP contribution in [0.2, 0.25) is 0 Å².